The van der Waals surface area contributed by atoms with Gasteiger partial charge in [-0.2, -0.15) is 0 Å². The molecule has 0 unspecified atom stereocenters. The highest BCUT2D eigenvalue weighted by atomic mass is 19.4. The van der Waals surface area contributed by atoms with Crippen LogP contribution in [0.5, 0.6) is 5.75 Å². The molecule has 0 fully saturated rings. The molecule has 0 aromatic heterocycles. The second-order valence-corrected chi connectivity index (χ2v) is 5.79. The van der Waals surface area contributed by atoms with Gasteiger partial charge in [-0.1, -0.05) is 26.0 Å². The molecular weight excluding hydrogens is 283 g/mol. The summed E-state index contributed by atoms with van der Waals surface area (Å²) in [5, 5.41) is 12.1. The van der Waals surface area contributed by atoms with Crippen molar-refractivity contribution in [1.82, 2.24) is 5.32 Å². The minimum absolute atomic E-state index is 0.0306. The number of alkyl halides is 3. The lowest BCUT2D eigenvalue weighted by Gasteiger charge is -2.24. The van der Waals surface area contributed by atoms with Crippen molar-refractivity contribution in [3.8, 4) is 5.75 Å². The number of ether oxygens (including phenoxy) is 1. The third-order valence-electron chi connectivity index (χ3n) is 3.08. The summed E-state index contributed by atoms with van der Waals surface area (Å²) in [7, 11) is 0. The van der Waals surface area contributed by atoms with Crippen LogP contribution in [0, 0.1) is 5.41 Å². The number of halogens is 3. The highest BCUT2D eigenvalue weighted by Crippen LogP contribution is 2.24. The molecule has 3 nitrogen and oxygen atoms in total. The van der Waals surface area contributed by atoms with Crippen LogP contribution < -0.4 is 10.1 Å². The van der Waals surface area contributed by atoms with Crippen LogP contribution in [0.25, 0.3) is 0 Å². The Hall–Kier alpha value is -1.27. The van der Waals surface area contributed by atoms with Crippen LogP contribution in [0.1, 0.15) is 32.3 Å². The van der Waals surface area contributed by atoms with Crippen molar-refractivity contribution in [2.45, 2.75) is 39.6 Å². The van der Waals surface area contributed by atoms with E-state index in [2.05, 4.69) is 23.9 Å². The van der Waals surface area contributed by atoms with Gasteiger partial charge in [-0.05, 0) is 36.0 Å². The summed E-state index contributed by atoms with van der Waals surface area (Å²) in [6.45, 7) is 5.52. The van der Waals surface area contributed by atoms with Crippen LogP contribution in [-0.2, 0) is 6.54 Å². The number of hydrogen-bond acceptors (Lipinski definition) is 3. The monoisotopic (exact) mass is 305 g/mol. The first kappa shape index (κ1) is 17.8. The van der Waals surface area contributed by atoms with Crippen molar-refractivity contribution in [2.24, 2.45) is 5.41 Å². The van der Waals surface area contributed by atoms with Gasteiger partial charge in [0.2, 0.25) is 0 Å². The number of hydrogen-bond donors (Lipinski definition) is 2. The second kappa shape index (κ2) is 7.66. The first-order valence-corrected chi connectivity index (χ1v) is 6.88. The molecule has 2 N–H and O–H groups in total. The molecule has 1 aromatic rings. The number of aliphatic hydroxyl groups is 1. The molecule has 0 aliphatic carbocycles. The van der Waals surface area contributed by atoms with Gasteiger partial charge in [0.1, 0.15) is 5.75 Å². The van der Waals surface area contributed by atoms with Crippen LogP contribution >= 0.6 is 0 Å². The molecule has 0 saturated heterocycles. The second-order valence-electron chi connectivity index (χ2n) is 5.79. The lowest BCUT2D eigenvalue weighted by atomic mass is 9.88. The zero-order valence-electron chi connectivity index (χ0n) is 12.3. The average Bonchev–Trinajstić information content (AvgIpc) is 2.34. The van der Waals surface area contributed by atoms with Crippen LogP contribution in [0.2, 0.25) is 0 Å². The molecule has 6 heteroatoms. The van der Waals surface area contributed by atoms with Gasteiger partial charge in [-0.15, -0.1) is 13.2 Å². The van der Waals surface area contributed by atoms with E-state index in [0.29, 0.717) is 6.54 Å². The quantitative estimate of drug-likeness (QED) is 0.772. The molecule has 0 aliphatic rings. The van der Waals surface area contributed by atoms with Crippen LogP contribution in [0.4, 0.5) is 13.2 Å². The van der Waals surface area contributed by atoms with E-state index in [4.69, 9.17) is 5.11 Å². The Morgan fingerprint density at radius 2 is 1.95 bits per heavy atom. The Labute approximate surface area is 123 Å². The Morgan fingerprint density at radius 1 is 1.24 bits per heavy atom. The molecule has 1 rings (SSSR count). The standard InChI is InChI=1S/C15H22F3NO2/c1-14(2,7-4-8-20)11-19-10-12-5-3-6-13(9-12)21-15(16,17)18/h3,5-6,9,19-20H,4,7-8,10-11H2,1-2H3. The summed E-state index contributed by atoms with van der Waals surface area (Å²) >= 11 is 0. The first-order valence-electron chi connectivity index (χ1n) is 6.88. The van der Waals surface area contributed by atoms with E-state index in [9.17, 15) is 13.2 Å². The normalized spacial score (nSPS) is 12.5. The van der Waals surface area contributed by atoms with Gasteiger partial charge >= 0.3 is 6.36 Å². The minimum Gasteiger partial charge on any atom is -0.406 e. The average molecular weight is 305 g/mol. The van der Waals surface area contributed by atoms with Crippen LogP contribution in [0.15, 0.2) is 24.3 Å². The van der Waals surface area contributed by atoms with E-state index in [1.54, 1.807) is 6.07 Å². The van der Waals surface area contributed by atoms with Crippen molar-refractivity contribution in [1.29, 1.82) is 0 Å². The number of nitrogens with one attached hydrogen (secondary N) is 1. The fourth-order valence-corrected chi connectivity index (χ4v) is 2.04. The Morgan fingerprint density at radius 3 is 2.57 bits per heavy atom. The molecular formula is C15H22F3NO2. The topological polar surface area (TPSA) is 41.5 Å². The van der Waals surface area contributed by atoms with Gasteiger partial charge in [0.25, 0.3) is 0 Å². The van der Waals surface area contributed by atoms with Gasteiger partial charge < -0.3 is 15.2 Å². The predicted octanol–water partition coefficient (Wildman–Crippen LogP) is 3.47. The fraction of sp³-hybridized carbons (Fsp3) is 0.600. The molecule has 0 saturated carbocycles. The lowest BCUT2D eigenvalue weighted by Crippen LogP contribution is -2.29. The van der Waals surface area contributed by atoms with E-state index >= 15 is 0 Å². The van der Waals surface area contributed by atoms with E-state index < -0.39 is 6.36 Å². The first-order chi connectivity index (χ1) is 9.72. The summed E-state index contributed by atoms with van der Waals surface area (Å²) in [6.07, 6.45) is -3.05. The third-order valence-corrected chi connectivity index (χ3v) is 3.08. The number of aliphatic hydroxyl groups excluding tert-OH is 1. The van der Waals surface area contributed by atoms with Crippen molar-refractivity contribution in [3.63, 3.8) is 0 Å². The Bertz CT molecular complexity index is 433. The Kier molecular flexibility index (Phi) is 6.48. The largest absolute Gasteiger partial charge is 0.573 e. The highest BCUT2D eigenvalue weighted by Gasteiger charge is 2.31. The van der Waals surface area contributed by atoms with Gasteiger partial charge in [0.15, 0.2) is 0 Å². The van der Waals surface area contributed by atoms with Crippen LogP contribution in [-0.4, -0.2) is 24.6 Å². The molecule has 0 bridgehead atoms. The Balaban J connectivity index is 2.47. The molecule has 0 atom stereocenters. The highest BCUT2D eigenvalue weighted by molar-refractivity contribution is 5.28. The number of rotatable bonds is 8. The maximum absolute atomic E-state index is 12.1. The molecule has 21 heavy (non-hydrogen) atoms. The maximum Gasteiger partial charge on any atom is 0.573 e. The zero-order valence-corrected chi connectivity index (χ0v) is 12.3. The lowest BCUT2D eigenvalue weighted by molar-refractivity contribution is -0.274. The SMILES string of the molecule is CC(C)(CCCO)CNCc1cccc(OC(F)(F)F)c1. The molecule has 0 aliphatic heterocycles. The van der Waals surface area contributed by atoms with Gasteiger partial charge in [-0.3, -0.25) is 0 Å². The van der Waals surface area contributed by atoms with E-state index in [1.807, 2.05) is 0 Å². The van der Waals surface area contributed by atoms with Crippen molar-refractivity contribution in [3.05, 3.63) is 29.8 Å². The maximum atomic E-state index is 12.1. The van der Waals surface area contributed by atoms with Gasteiger partial charge in [0.05, 0.1) is 0 Å². The fourth-order valence-electron chi connectivity index (χ4n) is 2.04. The molecule has 1 aromatic carbocycles. The van der Waals surface area contributed by atoms with E-state index in [-0.39, 0.29) is 17.8 Å². The summed E-state index contributed by atoms with van der Waals surface area (Å²) in [6, 6.07) is 5.94. The minimum atomic E-state index is -4.67. The predicted molar refractivity (Wildman–Crippen MR) is 74.9 cm³/mol. The van der Waals surface area contributed by atoms with E-state index in [0.717, 1.165) is 24.9 Å². The van der Waals surface area contributed by atoms with Crippen LogP contribution in [0.3, 0.4) is 0 Å². The molecule has 0 spiro atoms. The van der Waals surface area contributed by atoms with Gasteiger partial charge in [-0.25, -0.2) is 0 Å². The molecule has 0 amide bonds. The molecule has 120 valence electrons. The van der Waals surface area contributed by atoms with Crippen molar-refractivity contribution >= 4 is 0 Å². The smallest absolute Gasteiger partial charge is 0.406 e. The molecule has 0 heterocycles. The van der Waals surface area contributed by atoms with E-state index in [1.165, 1.54) is 18.2 Å². The van der Waals surface area contributed by atoms with Crippen molar-refractivity contribution in [2.75, 3.05) is 13.2 Å². The summed E-state index contributed by atoms with van der Waals surface area (Å²) in [4.78, 5) is 0. The summed E-state index contributed by atoms with van der Waals surface area (Å²) in [5.74, 6) is -0.207. The molecule has 0 radical (unpaired) electrons. The third kappa shape index (κ3) is 7.92. The summed E-state index contributed by atoms with van der Waals surface area (Å²) < 4.78 is 40.3. The summed E-state index contributed by atoms with van der Waals surface area (Å²) in [5.41, 5.74) is 0.762. The zero-order chi connectivity index (χ0) is 15.9. The van der Waals surface area contributed by atoms with Crippen molar-refractivity contribution < 1.29 is 23.0 Å². The van der Waals surface area contributed by atoms with Gasteiger partial charge in [0, 0.05) is 19.7 Å². The number of benzene rings is 1.